The zero-order valence-corrected chi connectivity index (χ0v) is 13.3. The highest BCUT2D eigenvalue weighted by molar-refractivity contribution is 7.16. The number of aryl methyl sites for hydroxylation is 1. The highest BCUT2D eigenvalue weighted by atomic mass is 32.1. The first-order chi connectivity index (χ1) is 10.2. The second-order valence-electron chi connectivity index (χ2n) is 5.49. The van der Waals surface area contributed by atoms with Crippen LogP contribution in [0, 0.1) is 11.3 Å². The Morgan fingerprint density at radius 1 is 1.38 bits per heavy atom. The SMILES string of the molecule is CCCCCN(CCC(=O)O)c1sc2c(c1C#N)CCC2. The predicted molar refractivity (Wildman–Crippen MR) is 85.0 cm³/mol. The van der Waals surface area contributed by atoms with E-state index in [-0.39, 0.29) is 6.42 Å². The van der Waals surface area contributed by atoms with Crippen molar-refractivity contribution >= 4 is 22.3 Å². The maximum atomic E-state index is 10.9. The molecule has 0 unspecified atom stereocenters. The number of hydrogen-bond acceptors (Lipinski definition) is 4. The van der Waals surface area contributed by atoms with E-state index in [1.165, 1.54) is 10.4 Å². The van der Waals surface area contributed by atoms with Crippen LogP contribution in [0.5, 0.6) is 0 Å². The molecule has 1 aromatic rings. The van der Waals surface area contributed by atoms with Gasteiger partial charge in [0.2, 0.25) is 0 Å². The molecule has 0 radical (unpaired) electrons. The van der Waals surface area contributed by atoms with E-state index < -0.39 is 5.97 Å². The Morgan fingerprint density at radius 2 is 2.19 bits per heavy atom. The molecule has 0 aliphatic heterocycles. The van der Waals surface area contributed by atoms with E-state index in [2.05, 4.69) is 17.9 Å². The number of carboxylic acids is 1. The number of aliphatic carboxylic acids is 1. The van der Waals surface area contributed by atoms with Crippen LogP contribution in [0.3, 0.4) is 0 Å². The molecule has 2 rings (SSSR count). The van der Waals surface area contributed by atoms with Gasteiger partial charge in [0.1, 0.15) is 11.1 Å². The second kappa shape index (κ2) is 7.46. The van der Waals surface area contributed by atoms with Crippen molar-refractivity contribution < 1.29 is 9.90 Å². The van der Waals surface area contributed by atoms with Crippen LogP contribution in [0.25, 0.3) is 0 Å². The topological polar surface area (TPSA) is 64.3 Å². The van der Waals surface area contributed by atoms with Gasteiger partial charge < -0.3 is 10.0 Å². The van der Waals surface area contributed by atoms with Gasteiger partial charge in [-0.15, -0.1) is 11.3 Å². The summed E-state index contributed by atoms with van der Waals surface area (Å²) in [7, 11) is 0. The fraction of sp³-hybridized carbons (Fsp3) is 0.625. The zero-order chi connectivity index (χ0) is 15.2. The van der Waals surface area contributed by atoms with Gasteiger partial charge in [-0.1, -0.05) is 19.8 Å². The lowest BCUT2D eigenvalue weighted by atomic mass is 10.1. The van der Waals surface area contributed by atoms with Gasteiger partial charge >= 0.3 is 5.97 Å². The zero-order valence-electron chi connectivity index (χ0n) is 12.5. The van der Waals surface area contributed by atoms with Crippen molar-refractivity contribution in [2.24, 2.45) is 0 Å². The first kappa shape index (κ1) is 15.8. The van der Waals surface area contributed by atoms with Crippen LogP contribution >= 0.6 is 11.3 Å². The number of nitrogens with zero attached hydrogens (tertiary/aromatic N) is 2. The Bertz CT molecular complexity index is 545. The Balaban J connectivity index is 2.19. The molecule has 0 bridgehead atoms. The summed E-state index contributed by atoms with van der Waals surface area (Å²) in [5, 5.41) is 19.4. The highest BCUT2D eigenvalue weighted by Crippen LogP contribution is 2.40. The molecular weight excluding hydrogens is 284 g/mol. The average molecular weight is 306 g/mol. The van der Waals surface area contributed by atoms with Crippen LogP contribution in [-0.2, 0) is 17.6 Å². The standard InChI is InChI=1S/C16H22N2O2S/c1-2-3-4-9-18(10-8-15(19)20)16-13(11-17)12-6-5-7-14(12)21-16/h2-10H2,1H3,(H,19,20). The third-order valence-corrected chi connectivity index (χ3v) is 5.28. The molecule has 1 aliphatic carbocycles. The van der Waals surface area contributed by atoms with Crippen LogP contribution < -0.4 is 4.90 Å². The van der Waals surface area contributed by atoms with Crippen molar-refractivity contribution in [2.75, 3.05) is 18.0 Å². The first-order valence-electron chi connectivity index (χ1n) is 7.68. The molecule has 0 amide bonds. The minimum absolute atomic E-state index is 0.125. The molecule has 0 saturated heterocycles. The van der Waals surface area contributed by atoms with Gasteiger partial charge in [-0.05, 0) is 31.2 Å². The molecule has 21 heavy (non-hydrogen) atoms. The molecule has 1 heterocycles. The van der Waals surface area contributed by atoms with Crippen molar-refractivity contribution in [1.29, 1.82) is 5.26 Å². The fourth-order valence-electron chi connectivity index (χ4n) is 2.83. The number of carboxylic acid groups (broad SMARTS) is 1. The van der Waals surface area contributed by atoms with Crippen LogP contribution in [0.4, 0.5) is 5.00 Å². The summed E-state index contributed by atoms with van der Waals surface area (Å²) in [5.41, 5.74) is 2.02. The number of carbonyl (C=O) groups is 1. The van der Waals surface area contributed by atoms with Crippen LogP contribution in [-0.4, -0.2) is 24.2 Å². The Kier molecular flexibility index (Phi) is 5.63. The van der Waals surface area contributed by atoms with E-state index >= 15 is 0 Å². The molecular formula is C16H22N2O2S. The van der Waals surface area contributed by atoms with Crippen LogP contribution in [0.15, 0.2) is 0 Å². The van der Waals surface area contributed by atoms with E-state index in [1.54, 1.807) is 11.3 Å². The minimum atomic E-state index is -0.780. The lowest BCUT2D eigenvalue weighted by Gasteiger charge is -2.23. The van der Waals surface area contributed by atoms with Crippen LogP contribution in [0.2, 0.25) is 0 Å². The number of hydrogen-bond donors (Lipinski definition) is 1. The molecule has 0 aromatic carbocycles. The van der Waals surface area contributed by atoms with Gasteiger partial charge in [-0.25, -0.2) is 0 Å². The summed E-state index contributed by atoms with van der Waals surface area (Å²) in [5.74, 6) is -0.780. The summed E-state index contributed by atoms with van der Waals surface area (Å²) in [6.07, 6.45) is 6.65. The lowest BCUT2D eigenvalue weighted by molar-refractivity contribution is -0.136. The predicted octanol–water partition coefficient (Wildman–Crippen LogP) is 3.58. The third kappa shape index (κ3) is 3.76. The van der Waals surface area contributed by atoms with Crippen molar-refractivity contribution in [2.45, 2.75) is 51.9 Å². The molecule has 0 atom stereocenters. The lowest BCUT2D eigenvalue weighted by Crippen LogP contribution is -2.27. The number of nitriles is 1. The van der Waals surface area contributed by atoms with Crippen molar-refractivity contribution in [3.05, 3.63) is 16.0 Å². The summed E-state index contributed by atoms with van der Waals surface area (Å²) in [6.45, 7) is 3.49. The van der Waals surface area contributed by atoms with Crippen molar-refractivity contribution in [3.63, 3.8) is 0 Å². The number of anilines is 1. The average Bonchev–Trinajstić information content (AvgIpc) is 3.02. The molecule has 4 nitrogen and oxygen atoms in total. The largest absolute Gasteiger partial charge is 0.481 e. The summed E-state index contributed by atoms with van der Waals surface area (Å²) in [6, 6.07) is 2.36. The van der Waals surface area contributed by atoms with Crippen molar-refractivity contribution in [1.82, 2.24) is 0 Å². The van der Waals surface area contributed by atoms with Gasteiger partial charge in [0.25, 0.3) is 0 Å². The maximum Gasteiger partial charge on any atom is 0.305 e. The van der Waals surface area contributed by atoms with Crippen LogP contribution in [0.1, 0.15) is 55.0 Å². The molecule has 0 saturated carbocycles. The van der Waals surface area contributed by atoms with Gasteiger partial charge in [-0.2, -0.15) is 5.26 Å². The van der Waals surface area contributed by atoms with E-state index in [0.717, 1.165) is 55.6 Å². The molecule has 1 N–H and O–H groups in total. The second-order valence-corrected chi connectivity index (χ2v) is 6.57. The highest BCUT2D eigenvalue weighted by Gasteiger charge is 2.25. The smallest absolute Gasteiger partial charge is 0.305 e. The monoisotopic (exact) mass is 306 g/mol. The van der Waals surface area contributed by atoms with Gasteiger partial charge in [0.15, 0.2) is 0 Å². The molecule has 0 fully saturated rings. The molecule has 1 aliphatic rings. The summed E-state index contributed by atoms with van der Waals surface area (Å²) in [4.78, 5) is 14.3. The Hall–Kier alpha value is -1.54. The van der Waals surface area contributed by atoms with Gasteiger partial charge in [0.05, 0.1) is 12.0 Å². The first-order valence-corrected chi connectivity index (χ1v) is 8.50. The Labute approximate surface area is 130 Å². The van der Waals surface area contributed by atoms with E-state index in [4.69, 9.17) is 5.11 Å². The number of fused-ring (bicyclic) bond motifs is 1. The van der Waals surface area contributed by atoms with E-state index in [0.29, 0.717) is 6.54 Å². The summed E-state index contributed by atoms with van der Waals surface area (Å²) >= 11 is 1.70. The quantitative estimate of drug-likeness (QED) is 0.746. The fourth-order valence-corrected chi connectivity index (χ4v) is 4.22. The number of rotatable bonds is 8. The van der Waals surface area contributed by atoms with E-state index in [1.807, 2.05) is 0 Å². The maximum absolute atomic E-state index is 10.9. The van der Waals surface area contributed by atoms with Crippen molar-refractivity contribution in [3.8, 4) is 6.07 Å². The molecule has 5 heteroatoms. The Morgan fingerprint density at radius 3 is 2.86 bits per heavy atom. The minimum Gasteiger partial charge on any atom is -0.481 e. The van der Waals surface area contributed by atoms with E-state index in [9.17, 15) is 10.1 Å². The number of unbranched alkanes of at least 4 members (excludes halogenated alkanes) is 2. The molecule has 114 valence electrons. The molecule has 0 spiro atoms. The summed E-state index contributed by atoms with van der Waals surface area (Å²) < 4.78 is 0. The molecule has 1 aromatic heterocycles. The number of thiophene rings is 1. The third-order valence-electron chi connectivity index (χ3n) is 3.93. The van der Waals surface area contributed by atoms with Gasteiger partial charge in [-0.3, -0.25) is 4.79 Å². The normalized spacial score (nSPS) is 13.0. The van der Waals surface area contributed by atoms with Gasteiger partial charge in [0, 0.05) is 18.0 Å².